The van der Waals surface area contributed by atoms with Crippen LogP contribution in [-0.4, -0.2) is 32.4 Å². The van der Waals surface area contributed by atoms with Crippen molar-refractivity contribution in [2.75, 3.05) is 5.32 Å². The molecule has 32 heavy (non-hydrogen) atoms. The molecule has 4 rings (SSSR count). The van der Waals surface area contributed by atoms with Crippen molar-refractivity contribution < 1.29 is 9.59 Å². The molecule has 1 fully saturated rings. The van der Waals surface area contributed by atoms with Gasteiger partial charge in [0.1, 0.15) is 0 Å². The summed E-state index contributed by atoms with van der Waals surface area (Å²) in [5.74, 6) is -0.453. The van der Waals surface area contributed by atoms with Gasteiger partial charge in [-0.05, 0) is 63.9 Å². The van der Waals surface area contributed by atoms with Gasteiger partial charge in [-0.25, -0.2) is 9.78 Å². The normalized spacial score (nSPS) is 13.4. The largest absolute Gasteiger partial charge is 0.350 e. The number of carbonyl (C=O) groups excluding carboxylic acids is 2. The van der Waals surface area contributed by atoms with E-state index in [9.17, 15) is 19.2 Å². The van der Waals surface area contributed by atoms with Gasteiger partial charge in [-0.2, -0.15) is 0 Å². The Morgan fingerprint density at radius 1 is 1.16 bits per heavy atom. The first-order valence-electron chi connectivity index (χ1n) is 10.7. The van der Waals surface area contributed by atoms with Crippen LogP contribution in [0.5, 0.6) is 0 Å². The number of pyridine rings is 1. The Kier molecular flexibility index (Phi) is 5.65. The predicted molar refractivity (Wildman–Crippen MR) is 121 cm³/mol. The zero-order valence-electron chi connectivity index (χ0n) is 18.2. The molecule has 1 saturated carbocycles. The van der Waals surface area contributed by atoms with Crippen molar-refractivity contribution >= 4 is 28.5 Å². The van der Waals surface area contributed by atoms with E-state index in [1.807, 2.05) is 13.8 Å². The molecule has 2 heterocycles. The number of benzene rings is 1. The molecular formula is C23H25N5O4. The first-order chi connectivity index (χ1) is 15.3. The molecule has 0 saturated heterocycles. The van der Waals surface area contributed by atoms with Gasteiger partial charge in [0, 0.05) is 35.4 Å². The zero-order chi connectivity index (χ0) is 23.0. The predicted octanol–water partition coefficient (Wildman–Crippen LogP) is 2.37. The fraction of sp³-hybridized carbons (Fsp3) is 0.348. The minimum absolute atomic E-state index is 0.0149. The zero-order valence-corrected chi connectivity index (χ0v) is 18.2. The van der Waals surface area contributed by atoms with Crippen molar-refractivity contribution in [1.29, 1.82) is 0 Å². The number of nitrogens with zero attached hydrogens (tertiary/aromatic N) is 2. The van der Waals surface area contributed by atoms with Crippen molar-refractivity contribution in [3.05, 3.63) is 68.0 Å². The molecule has 166 valence electrons. The Balaban J connectivity index is 1.71. The fourth-order valence-corrected chi connectivity index (χ4v) is 3.60. The van der Waals surface area contributed by atoms with Gasteiger partial charge in [0.15, 0.2) is 5.65 Å². The Hall–Kier alpha value is -3.75. The van der Waals surface area contributed by atoms with Gasteiger partial charge < -0.3 is 10.6 Å². The number of anilines is 1. The summed E-state index contributed by atoms with van der Waals surface area (Å²) in [4.78, 5) is 57.0. The summed E-state index contributed by atoms with van der Waals surface area (Å²) in [5, 5.41) is 5.68. The van der Waals surface area contributed by atoms with Crippen LogP contribution in [0.15, 0.2) is 39.9 Å². The van der Waals surface area contributed by atoms with Gasteiger partial charge in [0.2, 0.25) is 0 Å². The van der Waals surface area contributed by atoms with Crippen LogP contribution < -0.4 is 21.9 Å². The van der Waals surface area contributed by atoms with Gasteiger partial charge in [-0.15, -0.1) is 0 Å². The lowest BCUT2D eigenvalue weighted by atomic mass is 10.1. The summed E-state index contributed by atoms with van der Waals surface area (Å²) in [6.45, 7) is 5.85. The average molecular weight is 435 g/mol. The molecule has 9 nitrogen and oxygen atoms in total. The Bertz CT molecular complexity index is 1320. The van der Waals surface area contributed by atoms with Gasteiger partial charge in [-0.1, -0.05) is 0 Å². The fourth-order valence-electron chi connectivity index (χ4n) is 3.60. The number of rotatable bonds is 6. The molecule has 9 heteroatoms. The highest BCUT2D eigenvalue weighted by molar-refractivity contribution is 6.12. The van der Waals surface area contributed by atoms with E-state index in [1.165, 1.54) is 4.57 Å². The van der Waals surface area contributed by atoms with Crippen molar-refractivity contribution in [3.63, 3.8) is 0 Å². The van der Waals surface area contributed by atoms with E-state index in [1.54, 1.807) is 37.3 Å². The lowest BCUT2D eigenvalue weighted by Gasteiger charge is -2.13. The summed E-state index contributed by atoms with van der Waals surface area (Å²) >= 11 is 0. The maximum Gasteiger partial charge on any atom is 0.329 e. The molecule has 0 aliphatic heterocycles. The lowest BCUT2D eigenvalue weighted by molar-refractivity contribution is 0.0942. The molecule has 3 aromatic rings. The number of H-pyrrole nitrogens is 1. The van der Waals surface area contributed by atoms with Crippen LogP contribution in [0.4, 0.5) is 5.69 Å². The quantitative estimate of drug-likeness (QED) is 0.548. The van der Waals surface area contributed by atoms with E-state index in [-0.39, 0.29) is 34.5 Å². The maximum absolute atomic E-state index is 13.2. The van der Waals surface area contributed by atoms with E-state index >= 15 is 0 Å². The van der Waals surface area contributed by atoms with Crippen LogP contribution >= 0.6 is 0 Å². The van der Waals surface area contributed by atoms with E-state index < -0.39 is 17.2 Å². The number of aromatic amines is 1. The van der Waals surface area contributed by atoms with Gasteiger partial charge in [0.25, 0.3) is 17.4 Å². The molecule has 0 bridgehead atoms. The van der Waals surface area contributed by atoms with Crippen LogP contribution in [0.2, 0.25) is 0 Å². The average Bonchev–Trinajstić information content (AvgIpc) is 3.58. The topological polar surface area (TPSA) is 126 Å². The smallest absolute Gasteiger partial charge is 0.329 e. The Morgan fingerprint density at radius 2 is 1.84 bits per heavy atom. The third-order valence-corrected chi connectivity index (χ3v) is 5.35. The van der Waals surface area contributed by atoms with Crippen LogP contribution in [0, 0.1) is 0 Å². The van der Waals surface area contributed by atoms with Gasteiger partial charge >= 0.3 is 5.69 Å². The van der Waals surface area contributed by atoms with E-state index in [2.05, 4.69) is 20.6 Å². The molecular weight excluding hydrogens is 410 g/mol. The molecule has 1 aromatic carbocycles. The summed E-state index contributed by atoms with van der Waals surface area (Å²) in [6.07, 6.45) is 1.91. The van der Waals surface area contributed by atoms with Crippen molar-refractivity contribution in [1.82, 2.24) is 19.9 Å². The summed E-state index contributed by atoms with van der Waals surface area (Å²) in [5.41, 5.74) is 0.858. The number of hydrogen-bond acceptors (Lipinski definition) is 5. The monoisotopic (exact) mass is 435 g/mol. The van der Waals surface area contributed by atoms with Crippen molar-refractivity contribution in [2.24, 2.45) is 0 Å². The molecule has 0 spiro atoms. The van der Waals surface area contributed by atoms with E-state index in [4.69, 9.17) is 0 Å². The highest BCUT2D eigenvalue weighted by Crippen LogP contribution is 2.40. The third-order valence-electron chi connectivity index (χ3n) is 5.35. The molecule has 0 unspecified atom stereocenters. The second-order valence-electron chi connectivity index (χ2n) is 8.23. The second-order valence-corrected chi connectivity index (χ2v) is 8.23. The molecule has 2 aromatic heterocycles. The standard InChI is InChI=1S/C23H25N5O4/c1-4-28-19-18(22(31)27-23(28)32)16(11-17(26-19)13-5-6-13)21(30)25-15-9-7-14(8-10-15)20(29)24-12(2)3/h7-13H,4-6H2,1-3H3,(H,24,29)(H,25,30)(H,27,31,32). The third kappa shape index (κ3) is 4.18. The van der Waals surface area contributed by atoms with Gasteiger partial charge in [-0.3, -0.25) is 23.9 Å². The van der Waals surface area contributed by atoms with E-state index in [0.29, 0.717) is 23.5 Å². The minimum atomic E-state index is -0.643. The maximum atomic E-state index is 13.2. The molecule has 1 aliphatic carbocycles. The molecule has 0 atom stereocenters. The number of carbonyl (C=O) groups is 2. The van der Waals surface area contributed by atoms with Crippen molar-refractivity contribution in [3.8, 4) is 0 Å². The first-order valence-corrected chi connectivity index (χ1v) is 10.7. The molecule has 2 amide bonds. The Labute approximate surface area is 183 Å². The SMILES string of the molecule is CCn1c(=O)[nH]c(=O)c2c(C(=O)Nc3ccc(C(=O)NC(C)C)cc3)cc(C3CC3)nc21. The van der Waals surface area contributed by atoms with Crippen LogP contribution in [-0.2, 0) is 6.54 Å². The number of nitrogens with one attached hydrogen (secondary N) is 3. The summed E-state index contributed by atoms with van der Waals surface area (Å²) in [7, 11) is 0. The highest BCUT2D eigenvalue weighted by atomic mass is 16.2. The number of hydrogen-bond donors (Lipinski definition) is 3. The van der Waals surface area contributed by atoms with Crippen LogP contribution in [0.25, 0.3) is 11.0 Å². The van der Waals surface area contributed by atoms with Gasteiger partial charge in [0.05, 0.1) is 10.9 Å². The van der Waals surface area contributed by atoms with Crippen LogP contribution in [0.1, 0.15) is 65.9 Å². The van der Waals surface area contributed by atoms with Crippen LogP contribution in [0.3, 0.4) is 0 Å². The first kappa shape index (κ1) is 21.5. The number of aryl methyl sites for hydroxylation is 1. The Morgan fingerprint density at radius 3 is 2.44 bits per heavy atom. The molecule has 0 radical (unpaired) electrons. The summed E-state index contributed by atoms with van der Waals surface area (Å²) < 4.78 is 1.36. The highest BCUT2D eigenvalue weighted by Gasteiger charge is 2.28. The number of fused-ring (bicyclic) bond motifs is 1. The molecule has 3 N–H and O–H groups in total. The van der Waals surface area contributed by atoms with Crippen molar-refractivity contribution in [2.45, 2.75) is 52.1 Å². The number of amides is 2. The minimum Gasteiger partial charge on any atom is -0.350 e. The summed E-state index contributed by atoms with van der Waals surface area (Å²) in [6, 6.07) is 8.15. The number of aromatic nitrogens is 3. The lowest BCUT2D eigenvalue weighted by Crippen LogP contribution is -2.32. The molecule has 1 aliphatic rings. The second kappa shape index (κ2) is 8.41. The van der Waals surface area contributed by atoms with E-state index in [0.717, 1.165) is 12.8 Å².